The Bertz CT molecular complexity index is 192. The number of carboxylic acid groups (broad SMARTS) is 2. The van der Waals surface area contributed by atoms with E-state index >= 15 is 0 Å². The summed E-state index contributed by atoms with van der Waals surface area (Å²) >= 11 is 3.48. The number of carboxylic acids is 2. The molecule has 0 aliphatic carbocycles. The highest BCUT2D eigenvalue weighted by atomic mass is 32.1. The first-order valence-corrected chi connectivity index (χ1v) is 4.78. The van der Waals surface area contributed by atoms with Gasteiger partial charge >= 0.3 is 11.9 Å². The molecule has 6 nitrogen and oxygen atoms in total. The van der Waals surface area contributed by atoms with Crippen molar-refractivity contribution in [2.24, 2.45) is 0 Å². The SMILES string of the molecule is CCC(O)CO.O=C(O)CC(S)C(=O)O. The number of aliphatic hydroxyl groups is 2. The van der Waals surface area contributed by atoms with Crippen molar-refractivity contribution in [2.45, 2.75) is 31.1 Å². The molecule has 0 saturated carbocycles. The van der Waals surface area contributed by atoms with Gasteiger partial charge in [-0.15, -0.1) is 0 Å². The molecule has 4 N–H and O–H groups in total. The predicted molar refractivity (Wildman–Crippen MR) is 56.0 cm³/mol. The van der Waals surface area contributed by atoms with Gasteiger partial charge in [-0.25, -0.2) is 0 Å². The maximum Gasteiger partial charge on any atom is 0.316 e. The lowest BCUT2D eigenvalue weighted by atomic mass is 10.3. The monoisotopic (exact) mass is 240 g/mol. The molecule has 0 spiro atoms. The third kappa shape index (κ3) is 13.2. The highest BCUT2D eigenvalue weighted by molar-refractivity contribution is 7.81. The molecule has 0 aromatic carbocycles. The summed E-state index contributed by atoms with van der Waals surface area (Å²) in [5.74, 6) is -2.36. The van der Waals surface area contributed by atoms with Crippen LogP contribution in [0.1, 0.15) is 19.8 Å². The number of hydrogen-bond acceptors (Lipinski definition) is 5. The third-order valence-electron chi connectivity index (χ3n) is 1.34. The smallest absolute Gasteiger partial charge is 0.316 e. The van der Waals surface area contributed by atoms with E-state index in [0.29, 0.717) is 6.42 Å². The van der Waals surface area contributed by atoms with Crippen molar-refractivity contribution in [1.82, 2.24) is 0 Å². The van der Waals surface area contributed by atoms with Crippen LogP contribution in [0.3, 0.4) is 0 Å². The molecule has 0 radical (unpaired) electrons. The van der Waals surface area contributed by atoms with Gasteiger partial charge < -0.3 is 20.4 Å². The molecule has 0 aromatic rings. The summed E-state index contributed by atoms with van der Waals surface area (Å²) in [6.45, 7) is 1.71. The molecule has 0 amide bonds. The molecule has 0 aliphatic heterocycles. The Morgan fingerprint density at radius 2 is 1.80 bits per heavy atom. The summed E-state index contributed by atoms with van der Waals surface area (Å²) in [6.07, 6.45) is -0.320. The minimum Gasteiger partial charge on any atom is -0.481 e. The Hall–Kier alpha value is -0.790. The first-order valence-electron chi connectivity index (χ1n) is 4.26. The number of aliphatic hydroxyl groups excluding tert-OH is 2. The Kier molecular flexibility index (Phi) is 10.8. The largest absolute Gasteiger partial charge is 0.481 e. The van der Waals surface area contributed by atoms with E-state index in [0.717, 1.165) is 0 Å². The zero-order valence-electron chi connectivity index (χ0n) is 8.33. The molecular weight excluding hydrogens is 224 g/mol. The fraction of sp³-hybridized carbons (Fsp3) is 0.750. The van der Waals surface area contributed by atoms with Crippen LogP contribution in [-0.2, 0) is 9.59 Å². The number of hydrogen-bond donors (Lipinski definition) is 5. The normalized spacial score (nSPS) is 13.3. The molecule has 90 valence electrons. The summed E-state index contributed by atoms with van der Waals surface area (Å²) in [5, 5.41) is 31.5. The molecule has 7 heteroatoms. The van der Waals surface area contributed by atoms with Gasteiger partial charge in [0.05, 0.1) is 19.1 Å². The van der Waals surface area contributed by atoms with Gasteiger partial charge in [0.25, 0.3) is 0 Å². The van der Waals surface area contributed by atoms with Crippen molar-refractivity contribution in [1.29, 1.82) is 0 Å². The first kappa shape index (κ1) is 16.6. The molecule has 0 aromatic heterocycles. The Balaban J connectivity index is 0. The number of rotatable bonds is 5. The predicted octanol–water partition coefficient (Wildman–Crippen LogP) is -0.406. The summed E-state index contributed by atoms with van der Waals surface area (Å²) in [5.41, 5.74) is 0. The van der Waals surface area contributed by atoms with E-state index in [-0.39, 0.29) is 6.61 Å². The van der Waals surface area contributed by atoms with Crippen LogP contribution in [0.4, 0.5) is 0 Å². The number of carbonyl (C=O) groups is 2. The van der Waals surface area contributed by atoms with E-state index in [2.05, 4.69) is 12.6 Å². The van der Waals surface area contributed by atoms with E-state index in [4.69, 9.17) is 20.4 Å². The van der Waals surface area contributed by atoms with Gasteiger partial charge in [-0.1, -0.05) is 6.92 Å². The van der Waals surface area contributed by atoms with Crippen LogP contribution >= 0.6 is 12.6 Å². The van der Waals surface area contributed by atoms with E-state index in [1.807, 2.05) is 6.92 Å². The Morgan fingerprint density at radius 1 is 1.33 bits per heavy atom. The third-order valence-corrected chi connectivity index (χ3v) is 1.74. The van der Waals surface area contributed by atoms with Crippen LogP contribution < -0.4 is 0 Å². The highest BCUT2D eigenvalue weighted by Crippen LogP contribution is 1.99. The molecule has 2 unspecified atom stereocenters. The fourth-order valence-corrected chi connectivity index (χ4v) is 0.538. The van der Waals surface area contributed by atoms with E-state index in [1.54, 1.807) is 0 Å². The average molecular weight is 240 g/mol. The van der Waals surface area contributed by atoms with Gasteiger partial charge in [0.15, 0.2) is 0 Å². The molecule has 0 saturated heterocycles. The van der Waals surface area contributed by atoms with Gasteiger partial charge in [-0.2, -0.15) is 12.6 Å². The second kappa shape index (κ2) is 9.75. The molecular formula is C8H16O6S. The van der Waals surface area contributed by atoms with Crippen molar-refractivity contribution >= 4 is 24.6 Å². The van der Waals surface area contributed by atoms with Gasteiger partial charge in [0.1, 0.15) is 5.25 Å². The van der Waals surface area contributed by atoms with Crippen molar-refractivity contribution in [3.63, 3.8) is 0 Å². The molecule has 2 atom stereocenters. The van der Waals surface area contributed by atoms with E-state index < -0.39 is 29.7 Å². The molecule has 0 fully saturated rings. The van der Waals surface area contributed by atoms with Crippen LogP contribution in [0.25, 0.3) is 0 Å². The zero-order chi connectivity index (χ0) is 12.4. The summed E-state index contributed by atoms with van der Waals surface area (Å²) in [7, 11) is 0. The van der Waals surface area contributed by atoms with Crippen LogP contribution in [0.2, 0.25) is 0 Å². The minimum absolute atomic E-state index is 0.115. The second-order valence-electron chi connectivity index (χ2n) is 2.70. The standard InChI is InChI=1S/C4H6O4S.C4H10O2/c5-3(6)1-2(9)4(7)8;1-2-4(6)3-5/h2,9H,1H2,(H,5,6)(H,7,8);4-6H,2-3H2,1H3. The quantitative estimate of drug-likeness (QED) is 0.417. The lowest BCUT2D eigenvalue weighted by Crippen LogP contribution is -2.17. The highest BCUT2D eigenvalue weighted by Gasteiger charge is 2.14. The van der Waals surface area contributed by atoms with Gasteiger partial charge in [0.2, 0.25) is 0 Å². The van der Waals surface area contributed by atoms with Crippen LogP contribution in [0, 0.1) is 0 Å². The van der Waals surface area contributed by atoms with Crippen molar-refractivity contribution in [3.8, 4) is 0 Å². The number of thiol groups is 1. The van der Waals surface area contributed by atoms with Crippen LogP contribution in [0.5, 0.6) is 0 Å². The second-order valence-corrected chi connectivity index (χ2v) is 3.32. The van der Waals surface area contributed by atoms with Gasteiger partial charge in [0, 0.05) is 0 Å². The topological polar surface area (TPSA) is 115 Å². The van der Waals surface area contributed by atoms with Crippen LogP contribution in [-0.4, -0.2) is 50.3 Å². The molecule has 0 heterocycles. The number of aliphatic carboxylic acids is 2. The van der Waals surface area contributed by atoms with Gasteiger partial charge in [-0.3, -0.25) is 9.59 Å². The average Bonchev–Trinajstić information content (AvgIpc) is 2.16. The van der Waals surface area contributed by atoms with Gasteiger partial charge in [-0.05, 0) is 6.42 Å². The van der Waals surface area contributed by atoms with E-state index in [9.17, 15) is 9.59 Å². The molecule has 15 heavy (non-hydrogen) atoms. The van der Waals surface area contributed by atoms with E-state index in [1.165, 1.54) is 0 Å². The van der Waals surface area contributed by atoms with Crippen molar-refractivity contribution < 1.29 is 30.0 Å². The minimum atomic E-state index is -1.21. The Labute approximate surface area is 93.0 Å². The maximum absolute atomic E-state index is 9.90. The van der Waals surface area contributed by atoms with Crippen LogP contribution in [0.15, 0.2) is 0 Å². The maximum atomic E-state index is 9.90. The molecule has 0 rings (SSSR count). The summed E-state index contributed by atoms with van der Waals surface area (Å²) < 4.78 is 0. The first-order chi connectivity index (χ1) is 6.84. The fourth-order valence-electron chi connectivity index (χ4n) is 0.382. The lowest BCUT2D eigenvalue weighted by Gasteiger charge is -1.97. The Morgan fingerprint density at radius 3 is 1.87 bits per heavy atom. The molecule has 0 aliphatic rings. The molecule has 0 bridgehead atoms. The zero-order valence-corrected chi connectivity index (χ0v) is 9.22. The van der Waals surface area contributed by atoms with Crippen molar-refractivity contribution in [3.05, 3.63) is 0 Å². The summed E-state index contributed by atoms with van der Waals surface area (Å²) in [6, 6.07) is 0. The lowest BCUT2D eigenvalue weighted by molar-refractivity contribution is -0.142. The summed E-state index contributed by atoms with van der Waals surface area (Å²) in [4.78, 5) is 19.7. The van der Waals surface area contributed by atoms with Crippen molar-refractivity contribution in [2.75, 3.05) is 6.61 Å².